The lowest BCUT2D eigenvalue weighted by Gasteiger charge is -2.23. The smallest absolute Gasteiger partial charge is 0.340 e. The third kappa shape index (κ3) is 5.58. The second kappa shape index (κ2) is 8.71. The standard InChI is InChI=1S/C22H27NO4/c1-6-26-21(25)16-9-7-8-10-18(16)23-20(24)14-27-19-12-11-15(2)13-17(19)22(3,4)5/h7-13H,6,14H2,1-5H3,(H,23,24). The Kier molecular flexibility index (Phi) is 6.61. The van der Waals surface area contributed by atoms with E-state index in [1.54, 1.807) is 31.2 Å². The average Bonchev–Trinajstić information content (AvgIpc) is 2.60. The van der Waals surface area contributed by atoms with Crippen LogP contribution in [-0.4, -0.2) is 25.1 Å². The maximum atomic E-state index is 12.4. The van der Waals surface area contributed by atoms with Gasteiger partial charge in [-0.2, -0.15) is 0 Å². The Balaban J connectivity index is 2.10. The van der Waals surface area contributed by atoms with Gasteiger partial charge in [-0.05, 0) is 43.0 Å². The Morgan fingerprint density at radius 1 is 1.07 bits per heavy atom. The molecule has 27 heavy (non-hydrogen) atoms. The first-order valence-corrected chi connectivity index (χ1v) is 9.02. The van der Waals surface area contributed by atoms with Crippen LogP contribution >= 0.6 is 0 Å². The number of amides is 1. The molecular formula is C22H27NO4. The molecule has 0 saturated heterocycles. The number of esters is 1. The Bertz CT molecular complexity index is 821. The first-order valence-electron chi connectivity index (χ1n) is 9.02. The second-order valence-electron chi connectivity index (χ2n) is 7.35. The lowest BCUT2D eigenvalue weighted by molar-refractivity contribution is -0.118. The zero-order chi connectivity index (χ0) is 20.0. The summed E-state index contributed by atoms with van der Waals surface area (Å²) in [6.45, 7) is 10.2. The van der Waals surface area contributed by atoms with Gasteiger partial charge in [0.25, 0.3) is 5.91 Å². The first-order chi connectivity index (χ1) is 12.7. The van der Waals surface area contributed by atoms with Crippen molar-refractivity contribution in [2.24, 2.45) is 0 Å². The van der Waals surface area contributed by atoms with Crippen LogP contribution in [0.5, 0.6) is 5.75 Å². The molecule has 5 heteroatoms. The number of rotatable bonds is 6. The molecule has 2 aromatic carbocycles. The SMILES string of the molecule is CCOC(=O)c1ccccc1NC(=O)COc1ccc(C)cc1C(C)(C)C. The van der Waals surface area contributed by atoms with Crippen LogP contribution in [0.25, 0.3) is 0 Å². The summed E-state index contributed by atoms with van der Waals surface area (Å²) in [4.78, 5) is 24.4. The highest BCUT2D eigenvalue weighted by Crippen LogP contribution is 2.32. The van der Waals surface area contributed by atoms with Gasteiger partial charge in [0, 0.05) is 0 Å². The number of carbonyl (C=O) groups is 2. The van der Waals surface area contributed by atoms with E-state index in [1.807, 2.05) is 19.1 Å². The molecule has 2 rings (SSSR count). The van der Waals surface area contributed by atoms with Crippen LogP contribution in [0.15, 0.2) is 42.5 Å². The summed E-state index contributed by atoms with van der Waals surface area (Å²) in [7, 11) is 0. The van der Waals surface area contributed by atoms with E-state index in [2.05, 4.69) is 32.2 Å². The summed E-state index contributed by atoms with van der Waals surface area (Å²) in [5, 5.41) is 2.72. The largest absolute Gasteiger partial charge is 0.483 e. The number of aryl methyl sites for hydroxylation is 1. The molecule has 0 heterocycles. The van der Waals surface area contributed by atoms with E-state index in [0.717, 1.165) is 11.1 Å². The lowest BCUT2D eigenvalue weighted by Crippen LogP contribution is -2.23. The molecule has 1 N–H and O–H groups in total. The molecule has 0 aliphatic rings. The number of nitrogens with one attached hydrogen (secondary N) is 1. The fourth-order valence-electron chi connectivity index (χ4n) is 2.66. The third-order valence-corrected chi connectivity index (χ3v) is 4.00. The van der Waals surface area contributed by atoms with Crippen LogP contribution in [0, 0.1) is 6.92 Å². The normalized spacial score (nSPS) is 11.0. The maximum absolute atomic E-state index is 12.4. The van der Waals surface area contributed by atoms with Crippen molar-refractivity contribution < 1.29 is 19.1 Å². The van der Waals surface area contributed by atoms with E-state index in [-0.39, 0.29) is 24.5 Å². The van der Waals surface area contributed by atoms with Gasteiger partial charge in [-0.3, -0.25) is 4.79 Å². The molecule has 0 saturated carbocycles. The van der Waals surface area contributed by atoms with Gasteiger partial charge in [-0.1, -0.05) is 50.6 Å². The quantitative estimate of drug-likeness (QED) is 0.762. The molecule has 0 spiro atoms. The van der Waals surface area contributed by atoms with Crippen LogP contribution in [0.4, 0.5) is 5.69 Å². The zero-order valence-electron chi connectivity index (χ0n) is 16.6. The van der Waals surface area contributed by atoms with Crippen LogP contribution in [0.2, 0.25) is 0 Å². The summed E-state index contributed by atoms with van der Waals surface area (Å²) < 4.78 is 10.8. The molecule has 0 radical (unpaired) electrons. The van der Waals surface area contributed by atoms with E-state index in [0.29, 0.717) is 17.0 Å². The summed E-state index contributed by atoms with van der Waals surface area (Å²) in [6.07, 6.45) is 0. The van der Waals surface area contributed by atoms with Crippen molar-refractivity contribution >= 4 is 17.6 Å². The molecular weight excluding hydrogens is 342 g/mol. The van der Waals surface area contributed by atoms with Gasteiger partial charge >= 0.3 is 5.97 Å². The van der Waals surface area contributed by atoms with Crippen molar-refractivity contribution in [3.63, 3.8) is 0 Å². The number of anilines is 1. The fourth-order valence-corrected chi connectivity index (χ4v) is 2.66. The van der Waals surface area contributed by atoms with Gasteiger partial charge in [-0.25, -0.2) is 4.79 Å². The molecule has 0 aromatic heterocycles. The van der Waals surface area contributed by atoms with Gasteiger partial charge < -0.3 is 14.8 Å². The molecule has 0 atom stereocenters. The van der Waals surface area contributed by atoms with Crippen molar-refractivity contribution in [1.29, 1.82) is 0 Å². The number of para-hydroxylation sites is 1. The minimum Gasteiger partial charge on any atom is -0.483 e. The predicted molar refractivity (Wildman–Crippen MR) is 106 cm³/mol. The van der Waals surface area contributed by atoms with E-state index in [9.17, 15) is 9.59 Å². The van der Waals surface area contributed by atoms with Gasteiger partial charge in [-0.15, -0.1) is 0 Å². The average molecular weight is 369 g/mol. The Morgan fingerprint density at radius 3 is 2.44 bits per heavy atom. The molecule has 5 nitrogen and oxygen atoms in total. The zero-order valence-corrected chi connectivity index (χ0v) is 16.6. The second-order valence-corrected chi connectivity index (χ2v) is 7.35. The number of ether oxygens (including phenoxy) is 2. The molecule has 2 aromatic rings. The van der Waals surface area contributed by atoms with Crippen LogP contribution in [-0.2, 0) is 14.9 Å². The summed E-state index contributed by atoms with van der Waals surface area (Å²) in [6, 6.07) is 12.7. The number of benzene rings is 2. The van der Waals surface area contributed by atoms with Crippen molar-refractivity contribution in [1.82, 2.24) is 0 Å². The molecule has 0 aliphatic heterocycles. The Hall–Kier alpha value is -2.82. The van der Waals surface area contributed by atoms with Crippen molar-refractivity contribution in [3.05, 3.63) is 59.2 Å². The van der Waals surface area contributed by atoms with Crippen LogP contribution < -0.4 is 10.1 Å². The van der Waals surface area contributed by atoms with Crippen molar-refractivity contribution in [2.45, 2.75) is 40.0 Å². The Morgan fingerprint density at radius 2 is 1.78 bits per heavy atom. The topological polar surface area (TPSA) is 64.6 Å². The van der Waals surface area contributed by atoms with Gasteiger partial charge in [0.15, 0.2) is 6.61 Å². The highest BCUT2D eigenvalue weighted by molar-refractivity contribution is 6.01. The Labute approximate surface area is 160 Å². The number of hydrogen-bond acceptors (Lipinski definition) is 4. The van der Waals surface area contributed by atoms with Gasteiger partial charge in [0.2, 0.25) is 0 Å². The van der Waals surface area contributed by atoms with E-state index in [4.69, 9.17) is 9.47 Å². The summed E-state index contributed by atoms with van der Waals surface area (Å²) in [5.41, 5.74) is 2.80. The van der Waals surface area contributed by atoms with E-state index >= 15 is 0 Å². The summed E-state index contributed by atoms with van der Waals surface area (Å²) >= 11 is 0. The molecule has 1 amide bonds. The first kappa shape index (κ1) is 20.5. The highest BCUT2D eigenvalue weighted by Gasteiger charge is 2.20. The van der Waals surface area contributed by atoms with Crippen molar-refractivity contribution in [2.75, 3.05) is 18.5 Å². The minimum absolute atomic E-state index is 0.103. The molecule has 0 bridgehead atoms. The highest BCUT2D eigenvalue weighted by atomic mass is 16.5. The number of hydrogen-bond donors (Lipinski definition) is 1. The van der Waals surface area contributed by atoms with Crippen LogP contribution in [0.3, 0.4) is 0 Å². The third-order valence-electron chi connectivity index (χ3n) is 4.00. The van der Waals surface area contributed by atoms with E-state index < -0.39 is 5.97 Å². The molecule has 0 unspecified atom stereocenters. The molecule has 0 aliphatic carbocycles. The predicted octanol–water partition coefficient (Wildman–Crippen LogP) is 4.49. The van der Waals surface area contributed by atoms with Crippen LogP contribution in [0.1, 0.15) is 49.2 Å². The van der Waals surface area contributed by atoms with E-state index in [1.165, 1.54) is 0 Å². The summed E-state index contributed by atoms with van der Waals surface area (Å²) in [5.74, 6) is -0.128. The minimum atomic E-state index is -0.470. The monoisotopic (exact) mass is 369 g/mol. The van der Waals surface area contributed by atoms with Gasteiger partial charge in [0.1, 0.15) is 5.75 Å². The van der Waals surface area contributed by atoms with Gasteiger partial charge in [0.05, 0.1) is 17.9 Å². The number of carbonyl (C=O) groups excluding carboxylic acids is 2. The molecule has 0 fully saturated rings. The molecule has 144 valence electrons. The maximum Gasteiger partial charge on any atom is 0.340 e. The van der Waals surface area contributed by atoms with Crippen molar-refractivity contribution in [3.8, 4) is 5.75 Å². The lowest BCUT2D eigenvalue weighted by atomic mass is 9.85. The fraction of sp³-hybridized carbons (Fsp3) is 0.364.